The maximum Gasteiger partial charge on any atom is 0.237 e. The summed E-state index contributed by atoms with van der Waals surface area (Å²) < 4.78 is 12.6. The highest BCUT2D eigenvalue weighted by Gasteiger charge is 2.20. The lowest BCUT2D eigenvalue weighted by atomic mass is 10.1. The summed E-state index contributed by atoms with van der Waals surface area (Å²) in [4.78, 5) is 12.8. The van der Waals surface area contributed by atoms with Gasteiger partial charge in [0.05, 0.1) is 30.7 Å². The number of carbonyl (C=O) groups excluding carboxylic acids is 1. The molecule has 0 bridgehead atoms. The van der Waals surface area contributed by atoms with Crippen LogP contribution < -0.4 is 14.8 Å². The number of thioether (sulfide) groups is 1. The molecule has 0 saturated carbocycles. The predicted octanol–water partition coefficient (Wildman–Crippen LogP) is 4.33. The quantitative estimate of drug-likeness (QED) is 0.466. The zero-order chi connectivity index (χ0) is 21.3. The number of anilines is 1. The van der Waals surface area contributed by atoms with Gasteiger partial charge in [0.15, 0.2) is 10.8 Å². The highest BCUT2D eigenvalue weighted by atomic mass is 32.2. The summed E-state index contributed by atoms with van der Waals surface area (Å²) in [6, 6.07) is 15.4. The van der Waals surface area contributed by atoms with Crippen molar-refractivity contribution in [1.82, 2.24) is 14.6 Å². The van der Waals surface area contributed by atoms with E-state index in [1.54, 1.807) is 32.4 Å². The predicted molar refractivity (Wildman–Crippen MR) is 119 cm³/mol. The van der Waals surface area contributed by atoms with Crippen LogP contribution in [-0.4, -0.2) is 40.0 Å². The van der Waals surface area contributed by atoms with Gasteiger partial charge in [0.25, 0.3) is 0 Å². The molecule has 0 radical (unpaired) electrons. The van der Waals surface area contributed by atoms with Crippen molar-refractivity contribution in [3.05, 3.63) is 54.1 Å². The summed E-state index contributed by atoms with van der Waals surface area (Å²) in [5.74, 6) is 1.04. The molecule has 2 heterocycles. The molecule has 2 aromatic carbocycles. The maximum absolute atomic E-state index is 12.8. The number of nitrogens with one attached hydrogen (secondary N) is 1. The van der Waals surface area contributed by atoms with Crippen LogP contribution in [0.2, 0.25) is 0 Å². The summed E-state index contributed by atoms with van der Waals surface area (Å²) in [6.45, 7) is 3.90. The number of methoxy groups -OCH3 is 2. The van der Waals surface area contributed by atoms with Gasteiger partial charge in [-0.15, -0.1) is 10.2 Å². The van der Waals surface area contributed by atoms with Crippen molar-refractivity contribution in [1.29, 1.82) is 0 Å². The number of hydrogen-bond donors (Lipinski definition) is 1. The molecule has 0 aliphatic rings. The Morgan fingerprint density at radius 3 is 2.67 bits per heavy atom. The third-order valence-electron chi connectivity index (χ3n) is 4.89. The standard InChI is InChI=1S/C22H22N4O3S/c1-13-11-20-24-25-22(26(20)18-8-6-5-7-16(13)18)30-14(2)21(27)23-17-10-9-15(28-3)12-19(17)29-4/h5-12,14H,1-4H3,(H,23,27). The lowest BCUT2D eigenvalue weighted by Gasteiger charge is -2.15. The van der Waals surface area contributed by atoms with Crippen molar-refractivity contribution in [2.75, 3.05) is 19.5 Å². The molecule has 0 saturated heterocycles. The number of fused-ring (bicyclic) bond motifs is 3. The van der Waals surface area contributed by atoms with Crippen LogP contribution in [0, 0.1) is 6.92 Å². The topological polar surface area (TPSA) is 77.8 Å². The van der Waals surface area contributed by atoms with Gasteiger partial charge in [0.2, 0.25) is 5.91 Å². The molecular formula is C22H22N4O3S. The number of hydrogen-bond acceptors (Lipinski definition) is 6. The average Bonchev–Trinajstić information content (AvgIpc) is 3.16. The Kier molecular flexibility index (Phi) is 5.50. The third kappa shape index (κ3) is 3.66. The van der Waals surface area contributed by atoms with Crippen LogP contribution in [0.5, 0.6) is 11.5 Å². The van der Waals surface area contributed by atoms with Crippen LogP contribution >= 0.6 is 11.8 Å². The molecule has 1 N–H and O–H groups in total. The first-order valence-electron chi connectivity index (χ1n) is 9.45. The molecule has 0 fully saturated rings. The number of para-hydroxylation sites is 1. The van der Waals surface area contributed by atoms with Crippen molar-refractivity contribution in [2.24, 2.45) is 0 Å². The van der Waals surface area contributed by atoms with Crippen LogP contribution in [0.25, 0.3) is 16.6 Å². The highest BCUT2D eigenvalue weighted by Crippen LogP contribution is 2.31. The van der Waals surface area contributed by atoms with Crippen molar-refractivity contribution in [2.45, 2.75) is 24.3 Å². The van der Waals surface area contributed by atoms with E-state index in [1.807, 2.05) is 35.6 Å². The Hall–Kier alpha value is -3.26. The molecule has 0 aliphatic carbocycles. The minimum absolute atomic E-state index is 0.156. The van der Waals surface area contributed by atoms with Crippen LogP contribution in [0.3, 0.4) is 0 Å². The molecule has 4 aromatic rings. The van der Waals surface area contributed by atoms with E-state index in [4.69, 9.17) is 9.47 Å². The Morgan fingerprint density at radius 1 is 1.10 bits per heavy atom. The number of amides is 1. The zero-order valence-corrected chi connectivity index (χ0v) is 18.0. The SMILES string of the molecule is COc1ccc(NC(=O)C(C)Sc2nnc3cc(C)c4ccccc4n23)c(OC)c1. The van der Waals surface area contributed by atoms with Crippen LogP contribution in [0.4, 0.5) is 5.69 Å². The van der Waals surface area contributed by atoms with Gasteiger partial charge in [-0.1, -0.05) is 30.0 Å². The first-order valence-corrected chi connectivity index (χ1v) is 10.3. The molecule has 7 nitrogen and oxygen atoms in total. The Bertz CT molecular complexity index is 1240. The lowest BCUT2D eigenvalue weighted by molar-refractivity contribution is -0.115. The summed E-state index contributed by atoms with van der Waals surface area (Å²) >= 11 is 1.36. The van der Waals surface area contributed by atoms with E-state index in [-0.39, 0.29) is 5.91 Å². The van der Waals surface area contributed by atoms with E-state index in [0.29, 0.717) is 22.3 Å². The van der Waals surface area contributed by atoms with E-state index in [9.17, 15) is 4.79 Å². The van der Waals surface area contributed by atoms with Crippen molar-refractivity contribution in [3.63, 3.8) is 0 Å². The van der Waals surface area contributed by atoms with Crippen LogP contribution in [0.1, 0.15) is 12.5 Å². The van der Waals surface area contributed by atoms with Gasteiger partial charge in [-0.2, -0.15) is 0 Å². The Balaban J connectivity index is 1.60. The van der Waals surface area contributed by atoms with Gasteiger partial charge in [-0.05, 0) is 43.7 Å². The molecule has 1 amide bonds. The van der Waals surface area contributed by atoms with Gasteiger partial charge in [-0.25, -0.2) is 0 Å². The van der Waals surface area contributed by atoms with E-state index in [0.717, 1.165) is 22.1 Å². The minimum atomic E-state index is -0.399. The van der Waals surface area contributed by atoms with E-state index < -0.39 is 5.25 Å². The number of ether oxygens (including phenoxy) is 2. The number of carbonyl (C=O) groups is 1. The number of aromatic nitrogens is 3. The second-order valence-electron chi connectivity index (χ2n) is 6.84. The second kappa shape index (κ2) is 8.23. The maximum atomic E-state index is 12.8. The Morgan fingerprint density at radius 2 is 1.90 bits per heavy atom. The zero-order valence-electron chi connectivity index (χ0n) is 17.2. The van der Waals surface area contributed by atoms with Crippen molar-refractivity contribution >= 4 is 39.9 Å². The lowest BCUT2D eigenvalue weighted by Crippen LogP contribution is -2.23. The number of aryl methyl sites for hydroxylation is 1. The summed E-state index contributed by atoms with van der Waals surface area (Å²) in [5.41, 5.74) is 3.50. The second-order valence-corrected chi connectivity index (χ2v) is 8.14. The summed E-state index contributed by atoms with van der Waals surface area (Å²) in [5, 5.41) is 13.0. The van der Waals surface area contributed by atoms with Gasteiger partial charge < -0.3 is 14.8 Å². The third-order valence-corrected chi connectivity index (χ3v) is 5.93. The molecule has 0 spiro atoms. The van der Waals surface area contributed by atoms with Crippen LogP contribution in [-0.2, 0) is 4.79 Å². The largest absolute Gasteiger partial charge is 0.497 e. The number of pyridine rings is 1. The number of nitrogens with zero attached hydrogens (tertiary/aromatic N) is 3. The molecule has 2 aromatic heterocycles. The van der Waals surface area contributed by atoms with Gasteiger partial charge in [-0.3, -0.25) is 9.20 Å². The van der Waals surface area contributed by atoms with Gasteiger partial charge in [0, 0.05) is 11.5 Å². The first-order chi connectivity index (χ1) is 14.5. The van der Waals surface area contributed by atoms with Crippen LogP contribution in [0.15, 0.2) is 53.7 Å². The molecule has 4 rings (SSSR count). The minimum Gasteiger partial charge on any atom is -0.497 e. The molecule has 154 valence electrons. The number of benzene rings is 2. The normalized spacial score (nSPS) is 12.1. The fourth-order valence-corrected chi connectivity index (χ4v) is 4.17. The summed E-state index contributed by atoms with van der Waals surface area (Å²) in [6.07, 6.45) is 0. The van der Waals surface area contributed by atoms with Gasteiger partial charge >= 0.3 is 0 Å². The monoisotopic (exact) mass is 422 g/mol. The fraction of sp³-hybridized carbons (Fsp3) is 0.227. The Labute approximate surface area is 178 Å². The van der Waals surface area contributed by atoms with Crippen molar-refractivity contribution in [3.8, 4) is 11.5 Å². The van der Waals surface area contributed by atoms with E-state index in [2.05, 4.69) is 28.5 Å². The van der Waals surface area contributed by atoms with E-state index in [1.165, 1.54) is 11.8 Å². The smallest absolute Gasteiger partial charge is 0.237 e. The molecule has 1 unspecified atom stereocenters. The molecule has 1 atom stereocenters. The molecule has 30 heavy (non-hydrogen) atoms. The molecular weight excluding hydrogens is 400 g/mol. The fourth-order valence-electron chi connectivity index (χ4n) is 3.30. The van der Waals surface area contributed by atoms with Gasteiger partial charge in [0.1, 0.15) is 11.5 Å². The van der Waals surface area contributed by atoms with Crippen molar-refractivity contribution < 1.29 is 14.3 Å². The average molecular weight is 423 g/mol. The first kappa shape index (κ1) is 20.0. The highest BCUT2D eigenvalue weighted by molar-refractivity contribution is 8.00. The summed E-state index contributed by atoms with van der Waals surface area (Å²) in [7, 11) is 3.14. The molecule has 0 aliphatic heterocycles. The van der Waals surface area contributed by atoms with E-state index >= 15 is 0 Å². The molecule has 8 heteroatoms. The number of rotatable bonds is 6.